The van der Waals surface area contributed by atoms with Crippen molar-refractivity contribution < 1.29 is 14.3 Å². The van der Waals surface area contributed by atoms with Crippen LogP contribution >= 0.6 is 0 Å². The van der Waals surface area contributed by atoms with E-state index in [1.54, 1.807) is 13.0 Å². The molecular weight excluding hydrogens is 242 g/mol. The minimum Gasteiger partial charge on any atom is -0.462 e. The van der Waals surface area contributed by atoms with Crippen LogP contribution in [-0.2, 0) is 16.1 Å². The molecule has 1 rings (SSSR count). The van der Waals surface area contributed by atoms with Gasteiger partial charge in [-0.25, -0.2) is 4.79 Å². The Morgan fingerprint density at radius 2 is 1.95 bits per heavy atom. The third-order valence-electron chi connectivity index (χ3n) is 2.78. The molecule has 0 saturated carbocycles. The third-order valence-corrected chi connectivity index (χ3v) is 2.78. The Balaban J connectivity index is 2.95. The number of anilines is 1. The molecule has 4 heteroatoms. The van der Waals surface area contributed by atoms with Gasteiger partial charge in [0.25, 0.3) is 0 Å². The molecule has 0 bridgehead atoms. The largest absolute Gasteiger partial charge is 0.462 e. The molecular formula is C15H23NO3. The third kappa shape index (κ3) is 4.24. The molecule has 106 valence electrons. The van der Waals surface area contributed by atoms with Crippen LogP contribution in [0.5, 0.6) is 0 Å². The Bertz CT molecular complexity index is 461. The minimum absolute atomic E-state index is 0.207. The predicted octanol–water partition coefficient (Wildman–Crippen LogP) is 3.07. The number of carbonyl (C=O) groups excluding carboxylic acids is 1. The second-order valence-electron chi connectivity index (χ2n) is 5.43. The maximum Gasteiger partial charge on any atom is 0.340 e. The van der Waals surface area contributed by atoms with Crippen molar-refractivity contribution in [2.24, 2.45) is 0 Å². The van der Waals surface area contributed by atoms with Crippen LogP contribution in [0.3, 0.4) is 0 Å². The average Bonchev–Trinajstić information content (AvgIpc) is 2.30. The minimum atomic E-state index is -0.383. The lowest BCUT2D eigenvalue weighted by Crippen LogP contribution is -2.19. The van der Waals surface area contributed by atoms with Crippen molar-refractivity contribution in [3.8, 4) is 0 Å². The number of carbonyl (C=O) groups is 1. The molecule has 0 unspecified atom stereocenters. The van der Waals surface area contributed by atoms with E-state index in [1.807, 2.05) is 33.8 Å². The number of nitrogens with two attached hydrogens (primary N) is 1. The van der Waals surface area contributed by atoms with Crippen molar-refractivity contribution >= 4 is 11.7 Å². The van der Waals surface area contributed by atoms with Gasteiger partial charge in [0, 0.05) is 5.69 Å². The fourth-order valence-corrected chi connectivity index (χ4v) is 1.61. The Labute approximate surface area is 114 Å². The molecule has 1 aromatic rings. The van der Waals surface area contributed by atoms with Gasteiger partial charge in [-0.15, -0.1) is 0 Å². The number of ether oxygens (including phenoxy) is 2. The first-order valence-electron chi connectivity index (χ1n) is 6.45. The fraction of sp³-hybridized carbons (Fsp3) is 0.533. The van der Waals surface area contributed by atoms with Gasteiger partial charge in [-0.05, 0) is 51.8 Å². The molecule has 0 aliphatic carbocycles. The van der Waals surface area contributed by atoms with Gasteiger partial charge in [-0.2, -0.15) is 0 Å². The molecule has 0 radical (unpaired) electrons. The van der Waals surface area contributed by atoms with Gasteiger partial charge in [-0.1, -0.05) is 6.07 Å². The molecule has 4 nitrogen and oxygen atoms in total. The van der Waals surface area contributed by atoms with Crippen molar-refractivity contribution in [3.05, 3.63) is 28.8 Å². The zero-order chi connectivity index (χ0) is 14.6. The number of hydrogen-bond donors (Lipinski definition) is 1. The van der Waals surface area contributed by atoms with E-state index in [0.29, 0.717) is 24.5 Å². The van der Waals surface area contributed by atoms with Crippen LogP contribution in [0.2, 0.25) is 0 Å². The highest BCUT2D eigenvalue weighted by molar-refractivity contribution is 5.96. The first-order valence-corrected chi connectivity index (χ1v) is 6.45. The zero-order valence-electron chi connectivity index (χ0n) is 12.4. The molecule has 0 spiro atoms. The van der Waals surface area contributed by atoms with Crippen molar-refractivity contribution in [1.82, 2.24) is 0 Å². The summed E-state index contributed by atoms with van der Waals surface area (Å²) < 4.78 is 10.7. The van der Waals surface area contributed by atoms with Gasteiger partial charge >= 0.3 is 5.97 Å². The molecule has 0 aliphatic rings. The van der Waals surface area contributed by atoms with E-state index >= 15 is 0 Å². The van der Waals surface area contributed by atoms with E-state index in [0.717, 1.165) is 11.1 Å². The van der Waals surface area contributed by atoms with Gasteiger partial charge in [0.15, 0.2) is 0 Å². The smallest absolute Gasteiger partial charge is 0.340 e. The Kier molecular flexibility index (Phi) is 4.95. The SMILES string of the molecule is CCOC(=O)c1ccc(COC(C)(C)C)c(C)c1N. The summed E-state index contributed by atoms with van der Waals surface area (Å²) >= 11 is 0. The van der Waals surface area contributed by atoms with Crippen LogP contribution in [0.25, 0.3) is 0 Å². The lowest BCUT2D eigenvalue weighted by Gasteiger charge is -2.21. The van der Waals surface area contributed by atoms with E-state index in [4.69, 9.17) is 15.2 Å². The highest BCUT2D eigenvalue weighted by Gasteiger charge is 2.16. The van der Waals surface area contributed by atoms with Crippen molar-refractivity contribution in [1.29, 1.82) is 0 Å². The van der Waals surface area contributed by atoms with Crippen molar-refractivity contribution in [2.75, 3.05) is 12.3 Å². The highest BCUT2D eigenvalue weighted by Crippen LogP contribution is 2.24. The molecule has 2 N–H and O–H groups in total. The van der Waals surface area contributed by atoms with E-state index in [1.165, 1.54) is 0 Å². The fourth-order valence-electron chi connectivity index (χ4n) is 1.61. The predicted molar refractivity (Wildman–Crippen MR) is 76.1 cm³/mol. The summed E-state index contributed by atoms with van der Waals surface area (Å²) in [4.78, 5) is 11.7. The number of hydrogen-bond acceptors (Lipinski definition) is 4. The van der Waals surface area contributed by atoms with Crippen molar-refractivity contribution in [3.63, 3.8) is 0 Å². The molecule has 0 fully saturated rings. The summed E-state index contributed by atoms with van der Waals surface area (Å²) in [6.07, 6.45) is 0. The Morgan fingerprint density at radius 3 is 2.47 bits per heavy atom. The summed E-state index contributed by atoms with van der Waals surface area (Å²) in [5.41, 5.74) is 8.53. The van der Waals surface area contributed by atoms with Crippen LogP contribution in [-0.4, -0.2) is 18.2 Å². The van der Waals surface area contributed by atoms with E-state index < -0.39 is 0 Å². The van der Waals surface area contributed by atoms with E-state index in [9.17, 15) is 4.79 Å². The van der Waals surface area contributed by atoms with Gasteiger partial charge < -0.3 is 15.2 Å². The van der Waals surface area contributed by atoms with Crippen LogP contribution in [0.1, 0.15) is 49.2 Å². The molecule has 0 amide bonds. The quantitative estimate of drug-likeness (QED) is 0.671. The Morgan fingerprint density at radius 1 is 1.32 bits per heavy atom. The normalized spacial score (nSPS) is 11.4. The lowest BCUT2D eigenvalue weighted by atomic mass is 10.0. The monoisotopic (exact) mass is 265 g/mol. The second-order valence-corrected chi connectivity index (χ2v) is 5.43. The molecule has 19 heavy (non-hydrogen) atoms. The average molecular weight is 265 g/mol. The first-order chi connectivity index (χ1) is 8.76. The molecule has 1 aromatic carbocycles. The number of esters is 1. The number of benzene rings is 1. The van der Waals surface area contributed by atoms with Crippen LogP contribution in [0.15, 0.2) is 12.1 Å². The summed E-state index contributed by atoms with van der Waals surface area (Å²) in [5.74, 6) is -0.383. The second kappa shape index (κ2) is 6.06. The lowest BCUT2D eigenvalue weighted by molar-refractivity contribution is -0.0151. The molecule has 0 saturated heterocycles. The van der Waals surface area contributed by atoms with Gasteiger partial charge in [0.05, 0.1) is 24.4 Å². The summed E-state index contributed by atoms with van der Waals surface area (Å²) in [7, 11) is 0. The summed E-state index contributed by atoms with van der Waals surface area (Å²) in [5, 5.41) is 0. The molecule has 0 aliphatic heterocycles. The van der Waals surface area contributed by atoms with Crippen LogP contribution < -0.4 is 5.73 Å². The number of nitrogen functional groups attached to an aromatic ring is 1. The van der Waals surface area contributed by atoms with Crippen LogP contribution in [0.4, 0.5) is 5.69 Å². The van der Waals surface area contributed by atoms with E-state index in [2.05, 4.69) is 0 Å². The van der Waals surface area contributed by atoms with Crippen molar-refractivity contribution in [2.45, 2.75) is 46.8 Å². The van der Waals surface area contributed by atoms with E-state index in [-0.39, 0.29) is 11.6 Å². The molecule has 0 aromatic heterocycles. The summed E-state index contributed by atoms with van der Waals surface area (Å²) in [6, 6.07) is 3.56. The first kappa shape index (κ1) is 15.5. The molecule has 0 atom stereocenters. The Hall–Kier alpha value is -1.55. The van der Waals surface area contributed by atoms with Gasteiger partial charge in [-0.3, -0.25) is 0 Å². The zero-order valence-corrected chi connectivity index (χ0v) is 12.4. The van der Waals surface area contributed by atoms with Crippen LogP contribution in [0, 0.1) is 6.92 Å². The van der Waals surface area contributed by atoms with Gasteiger partial charge in [0.1, 0.15) is 0 Å². The topological polar surface area (TPSA) is 61.5 Å². The maximum absolute atomic E-state index is 11.7. The number of rotatable bonds is 4. The summed E-state index contributed by atoms with van der Waals surface area (Å²) in [6.45, 7) is 10.5. The highest BCUT2D eigenvalue weighted by atomic mass is 16.5. The standard InChI is InChI=1S/C15H23NO3/c1-6-18-14(17)12-8-7-11(10(2)13(12)16)9-19-15(3,4)5/h7-8H,6,9,16H2,1-5H3. The van der Waals surface area contributed by atoms with Gasteiger partial charge in [0.2, 0.25) is 0 Å². The maximum atomic E-state index is 11.7. The molecule has 0 heterocycles.